The lowest BCUT2D eigenvalue weighted by Crippen LogP contribution is -2.28. The van der Waals surface area contributed by atoms with Gasteiger partial charge in [-0.05, 0) is 31.2 Å². The average molecular weight is 316 g/mol. The Bertz CT molecular complexity index is 663. The number of likely N-dealkylation sites (tertiary alicyclic amines) is 1. The van der Waals surface area contributed by atoms with Crippen LogP contribution in [0.1, 0.15) is 41.4 Å². The average Bonchev–Trinajstić information content (AvgIpc) is 3.05. The van der Waals surface area contributed by atoms with Gasteiger partial charge >= 0.3 is 0 Å². The van der Waals surface area contributed by atoms with Crippen molar-refractivity contribution in [1.82, 2.24) is 19.9 Å². The summed E-state index contributed by atoms with van der Waals surface area (Å²) in [5.74, 6) is 0.761. The maximum absolute atomic E-state index is 12.3. The summed E-state index contributed by atoms with van der Waals surface area (Å²) >= 11 is 0. The van der Waals surface area contributed by atoms with E-state index >= 15 is 0 Å². The van der Waals surface area contributed by atoms with E-state index in [0.717, 1.165) is 31.2 Å². The van der Waals surface area contributed by atoms with Crippen LogP contribution in [-0.4, -0.2) is 45.5 Å². The van der Waals surface area contributed by atoms with Gasteiger partial charge in [-0.15, -0.1) is 5.10 Å². The van der Waals surface area contributed by atoms with Crippen molar-refractivity contribution in [3.8, 4) is 0 Å². The third-order valence-electron chi connectivity index (χ3n) is 4.45. The highest BCUT2D eigenvalue weighted by molar-refractivity contribution is 5.94. The molecule has 1 unspecified atom stereocenters. The van der Waals surface area contributed by atoms with Crippen LogP contribution in [0.5, 0.6) is 0 Å². The van der Waals surface area contributed by atoms with Crippen LogP contribution in [0, 0.1) is 5.92 Å². The summed E-state index contributed by atoms with van der Waals surface area (Å²) in [6.45, 7) is 2.71. The van der Waals surface area contributed by atoms with Gasteiger partial charge in [0.1, 0.15) is 12.0 Å². The van der Waals surface area contributed by atoms with Crippen LogP contribution in [-0.2, 0) is 11.3 Å². The molecule has 1 saturated carbocycles. The zero-order valence-corrected chi connectivity index (χ0v) is 12.9. The van der Waals surface area contributed by atoms with Gasteiger partial charge in [-0.1, -0.05) is 5.21 Å². The second kappa shape index (κ2) is 6.16. The molecule has 2 aromatic rings. The van der Waals surface area contributed by atoms with E-state index in [1.807, 2.05) is 15.8 Å². The SMILES string of the molecule is O=C(c1ccoc1)N1CCC(n2cc(COCC3CC3)nn2)C1. The Morgan fingerprint density at radius 1 is 1.39 bits per heavy atom. The first kappa shape index (κ1) is 14.4. The van der Waals surface area contributed by atoms with Crippen LogP contribution in [0.4, 0.5) is 0 Å². The maximum atomic E-state index is 12.3. The lowest BCUT2D eigenvalue weighted by molar-refractivity contribution is 0.0786. The monoisotopic (exact) mass is 316 g/mol. The normalized spacial score (nSPS) is 21.0. The molecule has 1 saturated heterocycles. The van der Waals surface area contributed by atoms with Gasteiger partial charge in [0.2, 0.25) is 0 Å². The number of furan rings is 1. The molecule has 1 aliphatic heterocycles. The fourth-order valence-corrected chi connectivity index (χ4v) is 2.88. The summed E-state index contributed by atoms with van der Waals surface area (Å²) in [5.41, 5.74) is 1.45. The number of carbonyl (C=O) groups is 1. The van der Waals surface area contributed by atoms with Crippen molar-refractivity contribution in [3.63, 3.8) is 0 Å². The topological polar surface area (TPSA) is 73.4 Å². The third-order valence-corrected chi connectivity index (χ3v) is 4.45. The summed E-state index contributed by atoms with van der Waals surface area (Å²) in [6, 6.07) is 1.87. The van der Waals surface area contributed by atoms with E-state index in [0.29, 0.717) is 18.7 Å². The largest absolute Gasteiger partial charge is 0.472 e. The van der Waals surface area contributed by atoms with Gasteiger partial charge in [0.15, 0.2) is 0 Å². The lowest BCUT2D eigenvalue weighted by atomic mass is 10.3. The minimum atomic E-state index is 0.00866. The minimum Gasteiger partial charge on any atom is -0.472 e. The lowest BCUT2D eigenvalue weighted by Gasteiger charge is -2.15. The molecule has 0 N–H and O–H groups in total. The third kappa shape index (κ3) is 3.29. The van der Waals surface area contributed by atoms with Gasteiger partial charge in [0.25, 0.3) is 5.91 Å². The highest BCUT2D eigenvalue weighted by Gasteiger charge is 2.29. The Labute approximate surface area is 134 Å². The van der Waals surface area contributed by atoms with Crippen molar-refractivity contribution in [1.29, 1.82) is 0 Å². The van der Waals surface area contributed by atoms with Gasteiger partial charge < -0.3 is 14.1 Å². The van der Waals surface area contributed by atoms with Gasteiger partial charge in [0, 0.05) is 19.7 Å². The highest BCUT2D eigenvalue weighted by Crippen LogP contribution is 2.29. The van der Waals surface area contributed by atoms with Gasteiger partial charge in [-0.2, -0.15) is 0 Å². The van der Waals surface area contributed by atoms with Gasteiger partial charge in [-0.25, -0.2) is 4.68 Å². The number of carbonyl (C=O) groups excluding carboxylic acids is 1. The Kier molecular flexibility index (Phi) is 3.87. The molecule has 0 spiro atoms. The molecule has 0 bridgehead atoms. The zero-order valence-electron chi connectivity index (χ0n) is 12.9. The molecule has 1 atom stereocenters. The Morgan fingerprint density at radius 2 is 2.30 bits per heavy atom. The molecule has 1 amide bonds. The molecule has 7 heteroatoms. The van der Waals surface area contributed by atoms with Crippen LogP contribution < -0.4 is 0 Å². The molecule has 2 aliphatic rings. The number of nitrogens with zero attached hydrogens (tertiary/aromatic N) is 4. The molecule has 1 aliphatic carbocycles. The second-order valence-electron chi connectivity index (χ2n) is 6.35. The first-order chi connectivity index (χ1) is 11.3. The minimum absolute atomic E-state index is 0.00866. The second-order valence-corrected chi connectivity index (χ2v) is 6.35. The fraction of sp³-hybridized carbons (Fsp3) is 0.562. The quantitative estimate of drug-likeness (QED) is 0.813. The summed E-state index contributed by atoms with van der Waals surface area (Å²) in [7, 11) is 0. The fourth-order valence-electron chi connectivity index (χ4n) is 2.88. The van der Waals surface area contributed by atoms with Crippen molar-refractivity contribution < 1.29 is 13.9 Å². The molecule has 3 heterocycles. The molecule has 0 radical (unpaired) electrons. The molecular weight excluding hydrogens is 296 g/mol. The zero-order chi connectivity index (χ0) is 15.6. The van der Waals surface area contributed by atoms with E-state index < -0.39 is 0 Å². The number of hydrogen-bond acceptors (Lipinski definition) is 5. The summed E-state index contributed by atoms with van der Waals surface area (Å²) in [4.78, 5) is 14.1. The van der Waals surface area contributed by atoms with Crippen LogP contribution in [0.3, 0.4) is 0 Å². The first-order valence-corrected chi connectivity index (χ1v) is 8.09. The first-order valence-electron chi connectivity index (χ1n) is 8.09. The smallest absolute Gasteiger partial charge is 0.257 e. The highest BCUT2D eigenvalue weighted by atomic mass is 16.5. The predicted molar refractivity (Wildman–Crippen MR) is 80.7 cm³/mol. The Balaban J connectivity index is 1.32. The maximum Gasteiger partial charge on any atom is 0.257 e. The van der Waals surface area contributed by atoms with Crippen molar-refractivity contribution in [3.05, 3.63) is 36.0 Å². The van der Waals surface area contributed by atoms with Crippen LogP contribution in [0.2, 0.25) is 0 Å². The van der Waals surface area contributed by atoms with E-state index in [9.17, 15) is 4.79 Å². The Hall–Kier alpha value is -2.15. The molecular formula is C16H20N4O3. The van der Waals surface area contributed by atoms with Gasteiger partial charge in [0.05, 0.1) is 30.7 Å². The van der Waals surface area contributed by atoms with Crippen LogP contribution in [0.25, 0.3) is 0 Å². The number of aromatic nitrogens is 3. The number of amides is 1. The molecule has 23 heavy (non-hydrogen) atoms. The molecule has 7 nitrogen and oxygen atoms in total. The summed E-state index contributed by atoms with van der Waals surface area (Å²) < 4.78 is 12.5. The number of rotatable bonds is 6. The van der Waals surface area contributed by atoms with E-state index in [1.165, 1.54) is 25.4 Å². The van der Waals surface area contributed by atoms with E-state index in [4.69, 9.17) is 9.15 Å². The van der Waals surface area contributed by atoms with Crippen molar-refractivity contribution >= 4 is 5.91 Å². The number of hydrogen-bond donors (Lipinski definition) is 0. The molecule has 0 aromatic carbocycles. The molecule has 2 fully saturated rings. The van der Waals surface area contributed by atoms with E-state index in [2.05, 4.69) is 10.3 Å². The van der Waals surface area contributed by atoms with Crippen molar-refractivity contribution in [2.24, 2.45) is 5.92 Å². The Morgan fingerprint density at radius 3 is 3.09 bits per heavy atom. The van der Waals surface area contributed by atoms with E-state index in [-0.39, 0.29) is 11.9 Å². The summed E-state index contributed by atoms with van der Waals surface area (Å²) in [5, 5.41) is 8.37. The van der Waals surface area contributed by atoms with Crippen LogP contribution >= 0.6 is 0 Å². The predicted octanol–water partition coefficient (Wildman–Crippen LogP) is 1.88. The summed E-state index contributed by atoms with van der Waals surface area (Å²) in [6.07, 6.45) is 8.40. The van der Waals surface area contributed by atoms with E-state index in [1.54, 1.807) is 6.07 Å². The van der Waals surface area contributed by atoms with Crippen molar-refractivity contribution in [2.45, 2.75) is 31.9 Å². The molecule has 4 rings (SSSR count). The standard InChI is InChI=1S/C16H20N4O3/c21-16(13-4-6-22-10-13)19-5-3-15(8-19)20-7-14(17-18-20)11-23-9-12-1-2-12/h4,6-7,10,12,15H,1-3,5,8-9,11H2. The number of ether oxygens (including phenoxy) is 1. The molecule has 2 aromatic heterocycles. The van der Waals surface area contributed by atoms with Gasteiger partial charge in [-0.3, -0.25) is 4.79 Å². The van der Waals surface area contributed by atoms with Crippen LogP contribution in [0.15, 0.2) is 29.2 Å². The molecule has 122 valence electrons. The van der Waals surface area contributed by atoms with Crippen molar-refractivity contribution in [2.75, 3.05) is 19.7 Å².